The maximum absolute atomic E-state index is 5.53. The Kier molecular flexibility index (Phi) is 5.28. The van der Waals surface area contributed by atoms with Gasteiger partial charge in [0.25, 0.3) is 0 Å². The highest BCUT2D eigenvalue weighted by Gasteiger charge is 1.96. The van der Waals surface area contributed by atoms with Gasteiger partial charge in [-0.05, 0) is 5.41 Å². The first-order valence-corrected chi connectivity index (χ1v) is 3.69. The molecule has 0 aromatic carbocycles. The quantitative estimate of drug-likeness (QED) is 0.567. The second kappa shape index (κ2) is 4.82. The summed E-state index contributed by atoms with van der Waals surface area (Å²) < 4.78 is -0.0147. The summed E-state index contributed by atoms with van der Waals surface area (Å²) in [5.41, 5.74) is 0. The third-order valence-corrected chi connectivity index (χ3v) is 2.13. The molecule has 7 heavy (non-hydrogen) atoms. The van der Waals surface area contributed by atoms with Gasteiger partial charge >= 0.3 is 0 Å². The van der Waals surface area contributed by atoms with Crippen LogP contribution in [0.15, 0.2) is 12.0 Å². The molecule has 3 heteroatoms. The number of halogens is 2. The smallest absolute Gasteiger partial charge is 0.0964 e. The standard InChI is InChI=1S/C4H6Cl2S/c1-2-7-4(6)3-5/h2,4H,1,3H2/t4-/m0/s1. The number of thioether (sulfide) groups is 1. The zero-order chi connectivity index (χ0) is 5.70. The van der Waals surface area contributed by atoms with Gasteiger partial charge in [-0.15, -0.1) is 35.0 Å². The average Bonchev–Trinajstić information content (AvgIpc) is 1.68. The summed E-state index contributed by atoms with van der Waals surface area (Å²) in [5.74, 6) is 0.470. The molecule has 0 unspecified atom stereocenters. The number of rotatable bonds is 3. The second-order valence-corrected chi connectivity index (χ2v) is 3.14. The van der Waals surface area contributed by atoms with Crippen LogP contribution in [0.1, 0.15) is 0 Å². The maximum Gasteiger partial charge on any atom is 0.0964 e. The minimum Gasteiger partial charge on any atom is -0.124 e. The lowest BCUT2D eigenvalue weighted by atomic mass is 10.9. The van der Waals surface area contributed by atoms with E-state index < -0.39 is 0 Å². The number of alkyl halides is 2. The van der Waals surface area contributed by atoms with Crippen molar-refractivity contribution in [2.75, 3.05) is 5.88 Å². The number of hydrogen-bond acceptors (Lipinski definition) is 1. The third kappa shape index (κ3) is 4.52. The Labute approximate surface area is 57.9 Å². The van der Waals surface area contributed by atoms with Crippen LogP contribution in [0.2, 0.25) is 0 Å². The lowest BCUT2D eigenvalue weighted by Gasteiger charge is -1.95. The Morgan fingerprint density at radius 2 is 2.43 bits per heavy atom. The summed E-state index contributed by atoms with van der Waals surface area (Å²) in [6, 6.07) is 0. The monoisotopic (exact) mass is 156 g/mol. The molecule has 0 aromatic rings. The molecule has 0 aromatic heterocycles. The Morgan fingerprint density at radius 3 is 2.57 bits per heavy atom. The van der Waals surface area contributed by atoms with Gasteiger partial charge in [0.05, 0.1) is 4.71 Å². The van der Waals surface area contributed by atoms with Crippen molar-refractivity contribution in [3.05, 3.63) is 12.0 Å². The van der Waals surface area contributed by atoms with Crippen LogP contribution in [0.5, 0.6) is 0 Å². The minimum atomic E-state index is -0.0147. The van der Waals surface area contributed by atoms with Crippen LogP contribution in [-0.2, 0) is 0 Å². The van der Waals surface area contributed by atoms with E-state index in [0.29, 0.717) is 5.88 Å². The molecule has 0 radical (unpaired) electrons. The zero-order valence-corrected chi connectivity index (χ0v) is 6.06. The van der Waals surface area contributed by atoms with E-state index in [0.717, 1.165) is 0 Å². The molecule has 0 rings (SSSR count). The van der Waals surface area contributed by atoms with Crippen molar-refractivity contribution < 1.29 is 0 Å². The van der Waals surface area contributed by atoms with Crippen molar-refractivity contribution in [3.8, 4) is 0 Å². The van der Waals surface area contributed by atoms with Gasteiger partial charge in [-0.3, -0.25) is 0 Å². The predicted molar refractivity (Wildman–Crippen MR) is 38.1 cm³/mol. The van der Waals surface area contributed by atoms with Crippen LogP contribution in [-0.4, -0.2) is 10.6 Å². The Bertz CT molecular complexity index is 55.7. The van der Waals surface area contributed by atoms with Crippen LogP contribution >= 0.6 is 35.0 Å². The summed E-state index contributed by atoms with van der Waals surface area (Å²) in [5, 5.41) is 1.68. The van der Waals surface area contributed by atoms with Crippen LogP contribution in [0.25, 0.3) is 0 Å². The summed E-state index contributed by atoms with van der Waals surface area (Å²) in [6.07, 6.45) is 0. The molecule has 0 amide bonds. The molecule has 0 nitrogen and oxygen atoms in total. The Balaban J connectivity index is 2.98. The van der Waals surface area contributed by atoms with Gasteiger partial charge in [0.1, 0.15) is 0 Å². The predicted octanol–water partition coefficient (Wildman–Crippen LogP) is 2.67. The normalized spacial score (nSPS) is 13.4. The fourth-order valence-corrected chi connectivity index (χ4v) is 0.859. The van der Waals surface area contributed by atoms with Crippen molar-refractivity contribution >= 4 is 35.0 Å². The van der Waals surface area contributed by atoms with E-state index in [9.17, 15) is 0 Å². The van der Waals surface area contributed by atoms with Crippen LogP contribution in [0, 0.1) is 0 Å². The molecular weight excluding hydrogens is 151 g/mol. The Hall–Kier alpha value is 0.670. The molecule has 0 saturated heterocycles. The van der Waals surface area contributed by atoms with Gasteiger partial charge in [0.2, 0.25) is 0 Å². The lowest BCUT2D eigenvalue weighted by molar-refractivity contribution is 1.42. The highest BCUT2D eigenvalue weighted by atomic mass is 35.5. The van der Waals surface area contributed by atoms with Crippen molar-refractivity contribution in [1.29, 1.82) is 0 Å². The largest absolute Gasteiger partial charge is 0.124 e. The van der Waals surface area contributed by atoms with E-state index in [-0.39, 0.29) is 4.71 Å². The second-order valence-electron chi connectivity index (χ2n) is 0.867. The highest BCUT2D eigenvalue weighted by Crippen LogP contribution is 2.15. The molecule has 0 bridgehead atoms. The SMILES string of the molecule is C=CS[C@H](Cl)CCl. The fourth-order valence-electron chi connectivity index (χ4n) is 0.141. The number of hydrogen-bond donors (Lipinski definition) is 0. The first kappa shape index (κ1) is 7.67. The van der Waals surface area contributed by atoms with Gasteiger partial charge < -0.3 is 0 Å². The van der Waals surface area contributed by atoms with Gasteiger partial charge in [-0.1, -0.05) is 6.58 Å². The van der Waals surface area contributed by atoms with Crippen LogP contribution in [0.4, 0.5) is 0 Å². The maximum atomic E-state index is 5.53. The lowest BCUT2D eigenvalue weighted by Crippen LogP contribution is -1.88. The van der Waals surface area contributed by atoms with Gasteiger partial charge in [0.15, 0.2) is 0 Å². The molecule has 1 atom stereocenters. The molecule has 0 fully saturated rings. The molecule has 0 N–H and O–H groups in total. The van der Waals surface area contributed by atoms with Crippen LogP contribution in [0.3, 0.4) is 0 Å². The summed E-state index contributed by atoms with van der Waals surface area (Å²) in [7, 11) is 0. The van der Waals surface area contributed by atoms with Gasteiger partial charge in [-0.2, -0.15) is 0 Å². The summed E-state index contributed by atoms with van der Waals surface area (Å²) in [6.45, 7) is 3.47. The van der Waals surface area contributed by atoms with Crippen molar-refractivity contribution in [2.24, 2.45) is 0 Å². The first-order chi connectivity index (χ1) is 3.31. The molecule has 0 saturated carbocycles. The van der Waals surface area contributed by atoms with E-state index in [1.807, 2.05) is 0 Å². The van der Waals surface area contributed by atoms with Crippen molar-refractivity contribution in [1.82, 2.24) is 0 Å². The average molecular weight is 157 g/mol. The summed E-state index contributed by atoms with van der Waals surface area (Å²) in [4.78, 5) is 0. The van der Waals surface area contributed by atoms with E-state index in [1.165, 1.54) is 11.8 Å². The van der Waals surface area contributed by atoms with Gasteiger partial charge in [0, 0.05) is 5.88 Å². The van der Waals surface area contributed by atoms with Crippen molar-refractivity contribution in [2.45, 2.75) is 4.71 Å². The Morgan fingerprint density at radius 1 is 1.86 bits per heavy atom. The van der Waals surface area contributed by atoms with E-state index >= 15 is 0 Å². The molecule has 42 valence electrons. The van der Waals surface area contributed by atoms with Crippen LogP contribution < -0.4 is 0 Å². The van der Waals surface area contributed by atoms with Gasteiger partial charge in [-0.25, -0.2) is 0 Å². The summed E-state index contributed by atoms with van der Waals surface area (Å²) >= 11 is 12.3. The first-order valence-electron chi connectivity index (χ1n) is 1.77. The molecular formula is C4H6Cl2S. The molecule has 0 aliphatic heterocycles. The third-order valence-electron chi connectivity index (χ3n) is 0.365. The fraction of sp³-hybridized carbons (Fsp3) is 0.500. The van der Waals surface area contributed by atoms with E-state index in [2.05, 4.69) is 6.58 Å². The zero-order valence-electron chi connectivity index (χ0n) is 3.73. The van der Waals surface area contributed by atoms with E-state index in [1.54, 1.807) is 5.41 Å². The minimum absolute atomic E-state index is 0.0147. The molecule has 0 heterocycles. The molecule has 0 aliphatic carbocycles. The van der Waals surface area contributed by atoms with E-state index in [4.69, 9.17) is 23.2 Å². The molecule has 0 spiro atoms. The molecule has 0 aliphatic rings. The van der Waals surface area contributed by atoms with Crippen molar-refractivity contribution in [3.63, 3.8) is 0 Å². The topological polar surface area (TPSA) is 0 Å². The highest BCUT2D eigenvalue weighted by molar-refractivity contribution is 8.03.